The topological polar surface area (TPSA) is 53.8 Å². The van der Waals surface area contributed by atoms with Crippen molar-refractivity contribution < 1.29 is 4.79 Å². The molecule has 3 heteroatoms. The number of aromatic nitrogens is 1. The van der Waals surface area contributed by atoms with Crippen molar-refractivity contribution in [2.45, 2.75) is 46.0 Å². The van der Waals surface area contributed by atoms with Crippen LogP contribution in [0.25, 0.3) is 0 Å². The standard InChI is InChI=1S/C16H20N2O/c1-12-9-13(7-8-18-12)10-16(2,11-17)15(19)14-5-3-4-6-14/h7-9,14H,3-6,10H2,1-2H3. The van der Waals surface area contributed by atoms with E-state index in [-0.39, 0.29) is 11.7 Å². The van der Waals surface area contributed by atoms with Crippen LogP contribution in [0.2, 0.25) is 0 Å². The molecule has 0 N–H and O–H groups in total. The summed E-state index contributed by atoms with van der Waals surface area (Å²) in [7, 11) is 0. The van der Waals surface area contributed by atoms with Crippen LogP contribution in [0, 0.1) is 29.6 Å². The Labute approximate surface area is 114 Å². The second-order valence-electron chi connectivity index (χ2n) is 5.77. The Balaban J connectivity index is 2.18. The number of carbonyl (C=O) groups excluding carboxylic acids is 1. The minimum Gasteiger partial charge on any atom is -0.298 e. The summed E-state index contributed by atoms with van der Waals surface area (Å²) >= 11 is 0. The lowest BCUT2D eigenvalue weighted by Gasteiger charge is -2.23. The van der Waals surface area contributed by atoms with E-state index in [1.807, 2.05) is 19.1 Å². The van der Waals surface area contributed by atoms with Crippen LogP contribution in [0.15, 0.2) is 18.3 Å². The molecule has 19 heavy (non-hydrogen) atoms. The second kappa shape index (κ2) is 5.52. The Kier molecular flexibility index (Phi) is 3.99. The normalized spacial score (nSPS) is 18.8. The van der Waals surface area contributed by atoms with Crippen molar-refractivity contribution in [2.75, 3.05) is 0 Å². The van der Waals surface area contributed by atoms with Gasteiger partial charge in [0, 0.05) is 17.8 Å². The first-order valence-electron chi connectivity index (χ1n) is 6.92. The third-order valence-electron chi connectivity index (χ3n) is 4.04. The molecule has 0 saturated heterocycles. The largest absolute Gasteiger partial charge is 0.298 e. The molecular formula is C16H20N2O. The predicted molar refractivity (Wildman–Crippen MR) is 73.4 cm³/mol. The quantitative estimate of drug-likeness (QED) is 0.831. The van der Waals surface area contributed by atoms with Gasteiger partial charge in [0.15, 0.2) is 5.78 Å². The van der Waals surface area contributed by atoms with Gasteiger partial charge in [0.05, 0.1) is 6.07 Å². The molecule has 3 nitrogen and oxygen atoms in total. The highest BCUT2D eigenvalue weighted by atomic mass is 16.1. The zero-order valence-electron chi connectivity index (χ0n) is 11.6. The van der Waals surface area contributed by atoms with Crippen molar-refractivity contribution in [3.05, 3.63) is 29.6 Å². The average Bonchev–Trinajstić information content (AvgIpc) is 2.91. The zero-order valence-corrected chi connectivity index (χ0v) is 11.6. The van der Waals surface area contributed by atoms with Crippen molar-refractivity contribution in [1.82, 2.24) is 4.98 Å². The first-order chi connectivity index (χ1) is 9.05. The van der Waals surface area contributed by atoms with Crippen molar-refractivity contribution in [1.29, 1.82) is 5.26 Å². The third kappa shape index (κ3) is 3.01. The van der Waals surface area contributed by atoms with Crippen LogP contribution in [0.3, 0.4) is 0 Å². The Morgan fingerprint density at radius 1 is 1.53 bits per heavy atom. The molecule has 0 spiro atoms. The molecule has 1 aliphatic rings. The fraction of sp³-hybridized carbons (Fsp3) is 0.562. The lowest BCUT2D eigenvalue weighted by Crippen LogP contribution is -2.33. The van der Waals surface area contributed by atoms with Crippen molar-refractivity contribution >= 4 is 5.78 Å². The Bertz CT molecular complexity index is 512. The van der Waals surface area contributed by atoms with Gasteiger partial charge < -0.3 is 0 Å². The van der Waals surface area contributed by atoms with Crippen LogP contribution in [0.5, 0.6) is 0 Å². The number of carbonyl (C=O) groups is 1. The molecule has 0 aromatic carbocycles. The first kappa shape index (κ1) is 13.7. The fourth-order valence-electron chi connectivity index (χ4n) is 2.94. The summed E-state index contributed by atoms with van der Waals surface area (Å²) in [4.78, 5) is 16.7. The molecule has 1 atom stereocenters. The third-order valence-corrected chi connectivity index (χ3v) is 4.04. The Morgan fingerprint density at radius 2 is 2.21 bits per heavy atom. The van der Waals surface area contributed by atoms with E-state index in [4.69, 9.17) is 0 Å². The number of nitriles is 1. The molecule has 100 valence electrons. The molecule has 1 saturated carbocycles. The van der Waals surface area contributed by atoms with E-state index < -0.39 is 5.41 Å². The van der Waals surface area contributed by atoms with E-state index in [9.17, 15) is 10.1 Å². The van der Waals surface area contributed by atoms with E-state index >= 15 is 0 Å². The Hall–Kier alpha value is -1.69. The first-order valence-corrected chi connectivity index (χ1v) is 6.92. The summed E-state index contributed by atoms with van der Waals surface area (Å²) in [5.74, 6) is 0.217. The summed E-state index contributed by atoms with van der Waals surface area (Å²) in [6.45, 7) is 3.70. The maximum absolute atomic E-state index is 12.5. The van der Waals surface area contributed by atoms with Gasteiger partial charge in [0.25, 0.3) is 0 Å². The molecule has 0 bridgehead atoms. The van der Waals surface area contributed by atoms with Crippen molar-refractivity contribution in [3.8, 4) is 6.07 Å². The highest BCUT2D eigenvalue weighted by Crippen LogP contribution is 2.34. The van der Waals surface area contributed by atoms with Gasteiger partial charge in [-0.25, -0.2) is 0 Å². The number of hydrogen-bond acceptors (Lipinski definition) is 3. The highest BCUT2D eigenvalue weighted by molar-refractivity contribution is 5.89. The molecule has 2 rings (SSSR count). The Morgan fingerprint density at radius 3 is 2.79 bits per heavy atom. The molecule has 1 aliphatic carbocycles. The smallest absolute Gasteiger partial charge is 0.156 e. The van der Waals surface area contributed by atoms with Gasteiger partial charge in [0.2, 0.25) is 0 Å². The van der Waals surface area contributed by atoms with Crippen molar-refractivity contribution in [2.24, 2.45) is 11.3 Å². The number of nitrogens with zero attached hydrogens (tertiary/aromatic N) is 2. The summed E-state index contributed by atoms with van der Waals surface area (Å²) in [6, 6.07) is 6.10. The molecule has 1 fully saturated rings. The van der Waals surface area contributed by atoms with E-state index in [1.54, 1.807) is 13.1 Å². The van der Waals surface area contributed by atoms with Gasteiger partial charge in [-0.3, -0.25) is 9.78 Å². The molecule has 1 aromatic rings. The van der Waals surface area contributed by atoms with Gasteiger partial charge in [0.1, 0.15) is 5.41 Å². The monoisotopic (exact) mass is 256 g/mol. The van der Waals surface area contributed by atoms with Gasteiger partial charge in [-0.2, -0.15) is 5.26 Å². The molecular weight excluding hydrogens is 236 g/mol. The molecule has 1 aromatic heterocycles. The van der Waals surface area contributed by atoms with Crippen LogP contribution in [-0.2, 0) is 11.2 Å². The van der Waals surface area contributed by atoms with Gasteiger partial charge in [-0.15, -0.1) is 0 Å². The maximum atomic E-state index is 12.5. The number of hydrogen-bond donors (Lipinski definition) is 0. The molecule has 0 aliphatic heterocycles. The fourth-order valence-corrected chi connectivity index (χ4v) is 2.94. The number of ketones is 1. The van der Waals surface area contributed by atoms with E-state index in [1.165, 1.54) is 0 Å². The molecule has 0 amide bonds. The minimum atomic E-state index is -0.900. The SMILES string of the molecule is Cc1cc(CC(C)(C#N)C(=O)C2CCCC2)ccn1. The summed E-state index contributed by atoms with van der Waals surface area (Å²) in [5.41, 5.74) is 1.04. The molecule has 0 radical (unpaired) electrons. The number of pyridine rings is 1. The average molecular weight is 256 g/mol. The number of rotatable bonds is 4. The van der Waals surface area contributed by atoms with Crippen LogP contribution in [0.4, 0.5) is 0 Å². The molecule has 1 heterocycles. The van der Waals surface area contributed by atoms with E-state index in [0.717, 1.165) is 36.9 Å². The summed E-state index contributed by atoms with van der Waals surface area (Å²) in [6.07, 6.45) is 6.36. The number of aryl methyl sites for hydroxylation is 1. The zero-order chi connectivity index (χ0) is 13.9. The van der Waals surface area contributed by atoms with Crippen LogP contribution in [-0.4, -0.2) is 10.8 Å². The lowest BCUT2D eigenvalue weighted by atomic mass is 9.76. The van der Waals surface area contributed by atoms with Crippen LogP contribution >= 0.6 is 0 Å². The van der Waals surface area contributed by atoms with E-state index in [2.05, 4.69) is 11.1 Å². The minimum absolute atomic E-state index is 0.0904. The highest BCUT2D eigenvalue weighted by Gasteiger charge is 2.39. The second-order valence-corrected chi connectivity index (χ2v) is 5.77. The molecule has 1 unspecified atom stereocenters. The summed E-state index contributed by atoms with van der Waals surface area (Å²) < 4.78 is 0. The van der Waals surface area contributed by atoms with Crippen molar-refractivity contribution in [3.63, 3.8) is 0 Å². The van der Waals surface area contributed by atoms with Crippen LogP contribution < -0.4 is 0 Å². The maximum Gasteiger partial charge on any atom is 0.156 e. The van der Waals surface area contributed by atoms with E-state index in [0.29, 0.717) is 6.42 Å². The summed E-state index contributed by atoms with van der Waals surface area (Å²) in [5, 5.41) is 9.46. The predicted octanol–water partition coefficient (Wildman–Crippen LogP) is 3.22. The number of Topliss-reactive ketones (excluding diaryl/α,β-unsaturated/α-hetero) is 1. The van der Waals surface area contributed by atoms with Gasteiger partial charge in [-0.05, 0) is 50.8 Å². The van der Waals surface area contributed by atoms with Crippen LogP contribution in [0.1, 0.15) is 43.9 Å². The van der Waals surface area contributed by atoms with Gasteiger partial charge >= 0.3 is 0 Å². The van der Waals surface area contributed by atoms with Gasteiger partial charge in [-0.1, -0.05) is 12.8 Å². The lowest BCUT2D eigenvalue weighted by molar-refractivity contribution is -0.129.